The van der Waals surface area contributed by atoms with Gasteiger partial charge in [-0.2, -0.15) is 0 Å². The minimum Gasteiger partial charge on any atom is -0.507 e. The van der Waals surface area contributed by atoms with Gasteiger partial charge < -0.3 is 20.4 Å². The zero-order valence-corrected chi connectivity index (χ0v) is 26.1. The third-order valence-corrected chi connectivity index (χ3v) is 8.57. The highest BCUT2D eigenvalue weighted by molar-refractivity contribution is 5.71. The van der Waals surface area contributed by atoms with Gasteiger partial charge in [0.15, 0.2) is 0 Å². The van der Waals surface area contributed by atoms with E-state index in [0.29, 0.717) is 44.5 Å². The van der Waals surface area contributed by atoms with E-state index in [9.17, 15) is 20.4 Å². The fourth-order valence-corrected chi connectivity index (χ4v) is 5.92. The van der Waals surface area contributed by atoms with Crippen LogP contribution in [-0.4, -0.2) is 20.4 Å². The topological polar surface area (TPSA) is 80.9 Å². The van der Waals surface area contributed by atoms with Crippen molar-refractivity contribution in [3.05, 3.63) is 142 Å². The van der Waals surface area contributed by atoms with Crippen molar-refractivity contribution in [1.82, 2.24) is 0 Å². The van der Waals surface area contributed by atoms with Crippen LogP contribution in [0.25, 0.3) is 22.3 Å². The summed E-state index contributed by atoms with van der Waals surface area (Å²) in [6.45, 7) is 24.2. The molecule has 0 heterocycles. The van der Waals surface area contributed by atoms with Crippen LogP contribution in [0.5, 0.6) is 23.0 Å². The van der Waals surface area contributed by atoms with Crippen molar-refractivity contribution in [2.45, 2.75) is 53.4 Å². The van der Waals surface area contributed by atoms with Gasteiger partial charge in [-0.25, -0.2) is 0 Å². The quantitative estimate of drug-likeness (QED) is 0.170. The number of benzene rings is 4. The number of rotatable bonds is 4. The van der Waals surface area contributed by atoms with Gasteiger partial charge in [0.1, 0.15) is 23.0 Å². The molecule has 0 spiro atoms. The lowest BCUT2D eigenvalue weighted by molar-refractivity contribution is 0.450. The molecule has 4 aromatic carbocycles. The van der Waals surface area contributed by atoms with Gasteiger partial charge in [0.25, 0.3) is 0 Å². The number of fused-ring (bicyclic) bond motifs is 8. The molecule has 5 rings (SSSR count). The van der Waals surface area contributed by atoms with Crippen LogP contribution in [-0.2, 0) is 25.7 Å². The molecule has 0 aromatic heterocycles. The van der Waals surface area contributed by atoms with Crippen LogP contribution in [0.4, 0.5) is 0 Å². The number of phenolic OH excluding ortho intramolecular Hbond substituents is 4. The van der Waals surface area contributed by atoms with E-state index in [0.717, 1.165) is 44.5 Å². The first kappa shape index (κ1) is 30.5. The Bertz CT molecular complexity index is 1530. The molecule has 4 aromatic rings. The average molecular weight is 585 g/mol. The maximum atomic E-state index is 11.6. The molecular weight excluding hydrogens is 544 g/mol. The maximum absolute atomic E-state index is 11.6. The van der Waals surface area contributed by atoms with E-state index >= 15 is 0 Å². The van der Waals surface area contributed by atoms with Crippen LogP contribution < -0.4 is 0 Å². The Morgan fingerprint density at radius 3 is 0.614 bits per heavy atom. The largest absolute Gasteiger partial charge is 0.507 e. The second-order valence-corrected chi connectivity index (χ2v) is 12.4. The number of hydrogen-bond donors (Lipinski definition) is 4. The average Bonchev–Trinajstić information content (AvgIpc) is 2.95. The summed E-state index contributed by atoms with van der Waals surface area (Å²) in [5.41, 5.74) is 11.9. The van der Waals surface area contributed by atoms with Crippen molar-refractivity contribution < 1.29 is 20.4 Å². The van der Waals surface area contributed by atoms with Gasteiger partial charge in [-0.3, -0.25) is 0 Å². The molecule has 0 radical (unpaired) electrons. The molecule has 224 valence electrons. The van der Waals surface area contributed by atoms with Gasteiger partial charge in [-0.15, -0.1) is 0 Å². The molecule has 0 aliphatic heterocycles. The molecule has 8 bridgehead atoms. The number of hydrogen-bond acceptors (Lipinski definition) is 4. The van der Waals surface area contributed by atoms with Crippen LogP contribution in [0.3, 0.4) is 0 Å². The molecule has 0 amide bonds. The van der Waals surface area contributed by atoms with Crippen molar-refractivity contribution in [3.8, 4) is 23.0 Å². The van der Waals surface area contributed by atoms with Crippen molar-refractivity contribution >= 4 is 22.3 Å². The second kappa shape index (κ2) is 11.6. The summed E-state index contributed by atoms with van der Waals surface area (Å²) in [5, 5.41) is 46.5. The number of aromatic hydroxyl groups is 4. The molecule has 0 atom stereocenters. The predicted molar refractivity (Wildman–Crippen MR) is 182 cm³/mol. The summed E-state index contributed by atoms with van der Waals surface area (Å²) < 4.78 is 0. The van der Waals surface area contributed by atoms with Gasteiger partial charge in [0, 0.05) is 25.7 Å². The SMILES string of the molecule is C=C(C)c1cc2c(O)c(c1)Cc1cc(C(=C)C)cc(c1O)Cc1cc(C(=C)C)cc(c1O)Cc1cc(C(=C)C)cc(c1O)C2. The Morgan fingerprint density at radius 1 is 0.364 bits per heavy atom. The summed E-state index contributed by atoms with van der Waals surface area (Å²) in [5.74, 6) is 0.442. The van der Waals surface area contributed by atoms with Gasteiger partial charge in [-0.05, 0) is 143 Å². The molecule has 4 nitrogen and oxygen atoms in total. The maximum Gasteiger partial charge on any atom is 0.122 e. The second-order valence-electron chi connectivity index (χ2n) is 12.4. The highest BCUT2D eigenvalue weighted by Gasteiger charge is 2.22. The Hall–Kier alpha value is -4.96. The Balaban J connectivity index is 1.86. The summed E-state index contributed by atoms with van der Waals surface area (Å²) in [7, 11) is 0. The van der Waals surface area contributed by atoms with E-state index in [1.807, 2.05) is 76.2 Å². The monoisotopic (exact) mass is 584 g/mol. The first-order valence-corrected chi connectivity index (χ1v) is 14.8. The smallest absolute Gasteiger partial charge is 0.122 e. The lowest BCUT2D eigenvalue weighted by Gasteiger charge is -2.20. The Kier molecular flexibility index (Phi) is 8.05. The van der Waals surface area contributed by atoms with Crippen molar-refractivity contribution in [3.63, 3.8) is 0 Å². The van der Waals surface area contributed by atoms with Crippen molar-refractivity contribution in [2.75, 3.05) is 0 Å². The molecule has 0 saturated heterocycles. The lowest BCUT2D eigenvalue weighted by Crippen LogP contribution is -2.03. The van der Waals surface area contributed by atoms with E-state index < -0.39 is 0 Å². The predicted octanol–water partition coefficient (Wildman–Crippen LogP) is 9.32. The molecular formula is C40H40O4. The third kappa shape index (κ3) is 5.80. The van der Waals surface area contributed by atoms with E-state index in [1.54, 1.807) is 0 Å². The van der Waals surface area contributed by atoms with Gasteiger partial charge >= 0.3 is 0 Å². The number of allylic oxidation sites excluding steroid dienone is 4. The van der Waals surface area contributed by atoms with Gasteiger partial charge in [0.2, 0.25) is 0 Å². The molecule has 0 fully saturated rings. The Labute approximate surface area is 260 Å². The fourth-order valence-electron chi connectivity index (χ4n) is 5.92. The molecule has 1 aliphatic rings. The zero-order chi connectivity index (χ0) is 32.0. The summed E-state index contributed by atoms with van der Waals surface area (Å²) in [4.78, 5) is 0. The van der Waals surface area contributed by atoms with Gasteiger partial charge in [0.05, 0.1) is 0 Å². The lowest BCUT2D eigenvalue weighted by atomic mass is 9.87. The third-order valence-electron chi connectivity index (χ3n) is 8.57. The van der Waals surface area contributed by atoms with E-state index in [2.05, 4.69) is 26.3 Å². The molecule has 4 heteroatoms. The van der Waals surface area contributed by atoms with Crippen molar-refractivity contribution in [2.24, 2.45) is 0 Å². The first-order valence-electron chi connectivity index (χ1n) is 14.8. The highest BCUT2D eigenvalue weighted by atomic mass is 16.3. The normalized spacial score (nSPS) is 12.5. The minimum atomic E-state index is 0.111. The molecule has 4 N–H and O–H groups in total. The van der Waals surface area contributed by atoms with Crippen LogP contribution in [0.1, 0.15) is 94.5 Å². The molecule has 1 aliphatic carbocycles. The summed E-state index contributed by atoms with van der Waals surface area (Å²) >= 11 is 0. The van der Waals surface area contributed by atoms with Crippen LogP contribution in [0, 0.1) is 0 Å². The molecule has 0 unspecified atom stereocenters. The van der Waals surface area contributed by atoms with Crippen LogP contribution in [0.15, 0.2) is 74.8 Å². The van der Waals surface area contributed by atoms with Crippen LogP contribution in [0.2, 0.25) is 0 Å². The van der Waals surface area contributed by atoms with E-state index in [-0.39, 0.29) is 48.7 Å². The zero-order valence-electron chi connectivity index (χ0n) is 26.1. The Morgan fingerprint density at radius 2 is 0.500 bits per heavy atom. The highest BCUT2D eigenvalue weighted by Crippen LogP contribution is 2.41. The minimum absolute atomic E-state index is 0.111. The van der Waals surface area contributed by atoms with Gasteiger partial charge in [-0.1, -0.05) is 48.6 Å². The fraction of sp³-hybridized carbons (Fsp3) is 0.200. The van der Waals surface area contributed by atoms with Crippen molar-refractivity contribution in [1.29, 1.82) is 0 Å². The standard InChI is InChI=1S/C40H40O4/c1-21(2)25-9-29-17-31-11-26(22(3)4)13-33(38(31)42)19-35-15-28(24(7)8)16-36(40(35)44)20-34-14-27(23(5)6)12-32(39(34)43)18-30(10-25)37(29)41/h9-16,41-44H,1,3,5,7,17-20H2,2,4,6,8H3. The van der Waals surface area contributed by atoms with E-state index in [1.165, 1.54) is 0 Å². The van der Waals surface area contributed by atoms with Crippen LogP contribution >= 0.6 is 0 Å². The molecule has 0 saturated carbocycles. The molecule has 44 heavy (non-hydrogen) atoms. The number of phenols is 4. The summed E-state index contributed by atoms with van der Waals surface area (Å²) in [6.07, 6.45) is 1.02. The van der Waals surface area contributed by atoms with E-state index in [4.69, 9.17) is 0 Å². The first-order chi connectivity index (χ1) is 20.7. The summed E-state index contributed by atoms with van der Waals surface area (Å²) in [6, 6.07) is 15.2.